The van der Waals surface area contributed by atoms with E-state index in [2.05, 4.69) is 36.1 Å². The van der Waals surface area contributed by atoms with Gasteiger partial charge in [-0.2, -0.15) is 0 Å². The highest BCUT2D eigenvalue weighted by molar-refractivity contribution is 5.73. The van der Waals surface area contributed by atoms with E-state index in [0.717, 1.165) is 38.8 Å². The van der Waals surface area contributed by atoms with Gasteiger partial charge in [0.05, 0.1) is 0 Å². The lowest BCUT2D eigenvalue weighted by atomic mass is 10.0. The van der Waals surface area contributed by atoms with Gasteiger partial charge in [0.25, 0.3) is 0 Å². The molecule has 2 rings (SSSR count). The second-order valence-electron chi connectivity index (χ2n) is 4.99. The summed E-state index contributed by atoms with van der Waals surface area (Å²) < 4.78 is 0. The fraction of sp³-hybridized carbons (Fsp3) is 0.533. The fourth-order valence-corrected chi connectivity index (χ4v) is 2.57. The van der Waals surface area contributed by atoms with E-state index in [0.29, 0.717) is 0 Å². The van der Waals surface area contributed by atoms with Crippen LogP contribution < -0.4 is 0 Å². The molecule has 1 aliphatic heterocycles. The van der Waals surface area contributed by atoms with Gasteiger partial charge >= 0.3 is 5.97 Å². The summed E-state index contributed by atoms with van der Waals surface area (Å²) in [5.74, 6) is -0.681. The maximum Gasteiger partial charge on any atom is 0.320 e. The summed E-state index contributed by atoms with van der Waals surface area (Å²) in [6, 6.07) is 8.20. The highest BCUT2D eigenvalue weighted by Gasteiger charge is 2.27. The normalized spacial score (nSPS) is 20.8. The summed E-state index contributed by atoms with van der Waals surface area (Å²) in [6.07, 6.45) is 3.96. The van der Waals surface area contributed by atoms with Crippen molar-refractivity contribution in [2.24, 2.45) is 0 Å². The minimum atomic E-state index is -0.681. The standard InChI is InChI=1S/C15H21NO2/c1-2-12-6-8-13(9-7-12)11-16-10-4-3-5-14(16)15(17)18/h6-9,14H,2-5,10-11H2,1H3,(H,17,18). The van der Waals surface area contributed by atoms with Crippen molar-refractivity contribution in [3.8, 4) is 0 Å². The summed E-state index contributed by atoms with van der Waals surface area (Å²) in [5, 5.41) is 9.23. The number of rotatable bonds is 4. The van der Waals surface area contributed by atoms with E-state index >= 15 is 0 Å². The smallest absolute Gasteiger partial charge is 0.320 e. The number of carboxylic acid groups (broad SMARTS) is 1. The van der Waals surface area contributed by atoms with Crippen molar-refractivity contribution >= 4 is 5.97 Å². The number of carboxylic acids is 1. The first-order valence-corrected chi connectivity index (χ1v) is 6.75. The third-order valence-electron chi connectivity index (χ3n) is 3.72. The molecule has 0 bridgehead atoms. The lowest BCUT2D eigenvalue weighted by molar-refractivity contribution is -0.144. The molecule has 3 heteroatoms. The summed E-state index contributed by atoms with van der Waals surface area (Å²) in [4.78, 5) is 13.3. The third kappa shape index (κ3) is 3.10. The summed E-state index contributed by atoms with van der Waals surface area (Å²) in [5.41, 5.74) is 2.53. The maximum absolute atomic E-state index is 11.2. The number of benzene rings is 1. The number of piperidine rings is 1. The van der Waals surface area contributed by atoms with Crippen LogP contribution in [0.3, 0.4) is 0 Å². The van der Waals surface area contributed by atoms with E-state index in [1.54, 1.807) is 0 Å². The van der Waals surface area contributed by atoms with Crippen LogP contribution in [0, 0.1) is 0 Å². The van der Waals surface area contributed by atoms with Gasteiger partial charge in [0.1, 0.15) is 6.04 Å². The van der Waals surface area contributed by atoms with E-state index in [9.17, 15) is 9.90 Å². The molecule has 0 radical (unpaired) electrons. The Labute approximate surface area is 108 Å². The van der Waals surface area contributed by atoms with Gasteiger partial charge in [0.15, 0.2) is 0 Å². The maximum atomic E-state index is 11.2. The van der Waals surface area contributed by atoms with Crippen LogP contribution in [0.15, 0.2) is 24.3 Å². The van der Waals surface area contributed by atoms with Crippen molar-refractivity contribution in [1.82, 2.24) is 4.90 Å². The molecular weight excluding hydrogens is 226 g/mol. The predicted octanol–water partition coefficient (Wildman–Crippen LogP) is 2.69. The van der Waals surface area contributed by atoms with Gasteiger partial charge in [-0.3, -0.25) is 9.69 Å². The van der Waals surface area contributed by atoms with E-state index in [-0.39, 0.29) is 6.04 Å². The largest absolute Gasteiger partial charge is 0.480 e. The Bertz CT molecular complexity index is 399. The molecule has 1 heterocycles. The van der Waals surface area contributed by atoms with E-state index < -0.39 is 5.97 Å². The molecule has 0 amide bonds. The molecule has 18 heavy (non-hydrogen) atoms. The molecule has 1 N–H and O–H groups in total. The zero-order valence-electron chi connectivity index (χ0n) is 10.9. The number of aryl methyl sites for hydroxylation is 1. The van der Waals surface area contributed by atoms with Crippen LogP contribution in [0.1, 0.15) is 37.3 Å². The molecule has 1 aromatic rings. The van der Waals surface area contributed by atoms with Crippen molar-refractivity contribution in [3.05, 3.63) is 35.4 Å². The van der Waals surface area contributed by atoms with Crippen LogP contribution in [0.5, 0.6) is 0 Å². The summed E-state index contributed by atoms with van der Waals surface area (Å²) in [7, 11) is 0. The molecule has 1 fully saturated rings. The van der Waals surface area contributed by atoms with Crippen molar-refractivity contribution in [3.63, 3.8) is 0 Å². The lowest BCUT2D eigenvalue weighted by Crippen LogP contribution is -2.43. The van der Waals surface area contributed by atoms with Gasteiger partial charge in [-0.05, 0) is 36.9 Å². The Kier molecular flexibility index (Phi) is 4.37. The molecule has 1 atom stereocenters. The van der Waals surface area contributed by atoms with Crippen molar-refractivity contribution < 1.29 is 9.90 Å². The molecule has 0 aromatic heterocycles. The summed E-state index contributed by atoms with van der Waals surface area (Å²) >= 11 is 0. The van der Waals surface area contributed by atoms with Gasteiger partial charge < -0.3 is 5.11 Å². The fourth-order valence-electron chi connectivity index (χ4n) is 2.57. The highest BCUT2D eigenvalue weighted by atomic mass is 16.4. The van der Waals surface area contributed by atoms with Crippen molar-refractivity contribution in [2.75, 3.05) is 6.54 Å². The molecule has 0 aliphatic carbocycles. The molecule has 0 saturated carbocycles. The predicted molar refractivity (Wildman–Crippen MR) is 71.5 cm³/mol. The molecule has 1 aromatic carbocycles. The second-order valence-corrected chi connectivity index (χ2v) is 4.99. The highest BCUT2D eigenvalue weighted by Crippen LogP contribution is 2.20. The third-order valence-corrected chi connectivity index (χ3v) is 3.72. The number of aliphatic carboxylic acids is 1. The van der Waals surface area contributed by atoms with Crippen molar-refractivity contribution in [1.29, 1.82) is 0 Å². The SMILES string of the molecule is CCc1ccc(CN2CCCCC2C(=O)O)cc1. The number of hydrogen-bond acceptors (Lipinski definition) is 2. The Hall–Kier alpha value is -1.35. The molecule has 98 valence electrons. The Morgan fingerprint density at radius 3 is 2.56 bits per heavy atom. The Morgan fingerprint density at radius 2 is 1.94 bits per heavy atom. The average molecular weight is 247 g/mol. The molecule has 1 aliphatic rings. The number of carbonyl (C=O) groups is 1. The number of nitrogens with zero attached hydrogens (tertiary/aromatic N) is 1. The van der Waals surface area contributed by atoms with Gasteiger partial charge in [0, 0.05) is 6.54 Å². The second kappa shape index (κ2) is 6.01. The van der Waals surface area contributed by atoms with Gasteiger partial charge in [-0.15, -0.1) is 0 Å². The average Bonchev–Trinajstić information content (AvgIpc) is 2.40. The number of likely N-dealkylation sites (tertiary alicyclic amines) is 1. The van der Waals surface area contributed by atoms with E-state index in [1.165, 1.54) is 11.1 Å². The molecule has 3 nitrogen and oxygen atoms in total. The quantitative estimate of drug-likeness (QED) is 0.889. The first-order chi connectivity index (χ1) is 8.70. The van der Waals surface area contributed by atoms with Gasteiger partial charge in [-0.1, -0.05) is 37.6 Å². The molecule has 1 unspecified atom stereocenters. The van der Waals surface area contributed by atoms with E-state index in [1.807, 2.05) is 0 Å². The first kappa shape index (κ1) is 13.1. The van der Waals surface area contributed by atoms with Crippen LogP contribution in [0.25, 0.3) is 0 Å². The Morgan fingerprint density at radius 1 is 1.28 bits per heavy atom. The monoisotopic (exact) mass is 247 g/mol. The first-order valence-electron chi connectivity index (χ1n) is 6.75. The minimum Gasteiger partial charge on any atom is -0.480 e. The van der Waals surface area contributed by atoms with Crippen LogP contribution in [-0.4, -0.2) is 28.6 Å². The Balaban J connectivity index is 2.03. The van der Waals surface area contributed by atoms with Gasteiger partial charge in [0.2, 0.25) is 0 Å². The summed E-state index contributed by atoms with van der Waals surface area (Å²) in [6.45, 7) is 3.79. The minimum absolute atomic E-state index is 0.301. The van der Waals surface area contributed by atoms with Crippen molar-refractivity contribution in [2.45, 2.75) is 45.2 Å². The topological polar surface area (TPSA) is 40.5 Å². The van der Waals surface area contributed by atoms with Gasteiger partial charge in [-0.25, -0.2) is 0 Å². The molecule has 0 spiro atoms. The van der Waals surface area contributed by atoms with Crippen LogP contribution >= 0.6 is 0 Å². The number of hydrogen-bond donors (Lipinski definition) is 1. The van der Waals surface area contributed by atoms with E-state index in [4.69, 9.17) is 0 Å². The zero-order valence-corrected chi connectivity index (χ0v) is 10.9. The lowest BCUT2D eigenvalue weighted by Gasteiger charge is -2.32. The molecule has 1 saturated heterocycles. The van der Waals surface area contributed by atoms with Crippen LogP contribution in [0.2, 0.25) is 0 Å². The van der Waals surface area contributed by atoms with Crippen LogP contribution in [-0.2, 0) is 17.8 Å². The molecular formula is C15H21NO2. The zero-order chi connectivity index (χ0) is 13.0. The van der Waals surface area contributed by atoms with Crippen LogP contribution in [0.4, 0.5) is 0 Å².